The van der Waals surface area contributed by atoms with Gasteiger partial charge in [-0.15, -0.1) is 0 Å². The van der Waals surface area contributed by atoms with E-state index in [9.17, 15) is 9.59 Å². The van der Waals surface area contributed by atoms with Crippen LogP contribution >= 0.6 is 23.2 Å². The summed E-state index contributed by atoms with van der Waals surface area (Å²) < 4.78 is 0. The van der Waals surface area contributed by atoms with Crippen LogP contribution in [0.15, 0.2) is 42.5 Å². The highest BCUT2D eigenvalue weighted by atomic mass is 35.5. The maximum absolute atomic E-state index is 11.9. The van der Waals surface area contributed by atoms with Crippen LogP contribution in [0.3, 0.4) is 0 Å². The lowest BCUT2D eigenvalue weighted by atomic mass is 10.2. The highest BCUT2D eigenvalue weighted by Gasteiger charge is 2.11. The molecule has 0 aromatic heterocycles. The van der Waals surface area contributed by atoms with Crippen LogP contribution in [0.5, 0.6) is 0 Å². The van der Waals surface area contributed by atoms with Gasteiger partial charge in [-0.3, -0.25) is 9.59 Å². The Hall–Kier alpha value is -2.24. The molecule has 2 N–H and O–H groups in total. The Morgan fingerprint density at radius 2 is 1.42 bits per heavy atom. The van der Waals surface area contributed by atoms with Crippen molar-refractivity contribution in [2.45, 2.75) is 6.42 Å². The number of carbonyl (C=O) groups excluding carboxylic acids is 2. The first-order chi connectivity index (χ1) is 11.3. The highest BCUT2D eigenvalue weighted by molar-refractivity contribution is 6.42. The topological polar surface area (TPSA) is 61.4 Å². The number of amides is 2. The normalized spacial score (nSPS) is 10.2. The predicted molar refractivity (Wildman–Crippen MR) is 99.1 cm³/mol. The Bertz CT molecular complexity index is 746. The molecule has 7 heteroatoms. The molecule has 24 heavy (non-hydrogen) atoms. The van der Waals surface area contributed by atoms with Gasteiger partial charge in [-0.1, -0.05) is 23.2 Å². The zero-order valence-electron chi connectivity index (χ0n) is 13.3. The van der Waals surface area contributed by atoms with Crippen molar-refractivity contribution in [3.05, 3.63) is 52.5 Å². The summed E-state index contributed by atoms with van der Waals surface area (Å²) >= 11 is 11.7. The van der Waals surface area contributed by atoms with Crippen molar-refractivity contribution in [1.82, 2.24) is 0 Å². The minimum atomic E-state index is -0.434. The molecule has 0 unspecified atom stereocenters. The summed E-state index contributed by atoms with van der Waals surface area (Å²) in [6.45, 7) is 0. The third-order valence-corrected chi connectivity index (χ3v) is 3.93. The molecule has 0 saturated carbocycles. The van der Waals surface area contributed by atoms with Gasteiger partial charge in [-0.05, 0) is 42.5 Å². The van der Waals surface area contributed by atoms with E-state index in [2.05, 4.69) is 10.6 Å². The molecular formula is C17H17Cl2N3O2. The van der Waals surface area contributed by atoms with Crippen molar-refractivity contribution in [2.24, 2.45) is 0 Å². The van der Waals surface area contributed by atoms with E-state index in [0.717, 1.165) is 5.69 Å². The summed E-state index contributed by atoms with van der Waals surface area (Å²) in [5.74, 6) is -0.832. The number of hydrogen-bond donors (Lipinski definition) is 2. The van der Waals surface area contributed by atoms with Crippen LogP contribution in [0.1, 0.15) is 6.42 Å². The van der Waals surface area contributed by atoms with Crippen molar-refractivity contribution in [3.8, 4) is 0 Å². The first-order valence-corrected chi connectivity index (χ1v) is 7.93. The van der Waals surface area contributed by atoms with Gasteiger partial charge in [0.15, 0.2) is 0 Å². The smallest absolute Gasteiger partial charge is 0.233 e. The number of hydrogen-bond acceptors (Lipinski definition) is 3. The van der Waals surface area contributed by atoms with Gasteiger partial charge in [0.1, 0.15) is 6.42 Å². The summed E-state index contributed by atoms with van der Waals surface area (Å²) in [4.78, 5) is 25.8. The molecule has 2 aromatic carbocycles. The van der Waals surface area contributed by atoms with Crippen molar-refractivity contribution in [1.29, 1.82) is 0 Å². The van der Waals surface area contributed by atoms with Crippen LogP contribution in [0.4, 0.5) is 17.1 Å². The third kappa shape index (κ3) is 5.15. The fourth-order valence-corrected chi connectivity index (χ4v) is 2.27. The lowest BCUT2D eigenvalue weighted by molar-refractivity contribution is -0.123. The number of halogens is 2. The zero-order chi connectivity index (χ0) is 17.7. The van der Waals surface area contributed by atoms with E-state index in [1.807, 2.05) is 31.1 Å². The minimum Gasteiger partial charge on any atom is -0.378 e. The summed E-state index contributed by atoms with van der Waals surface area (Å²) in [5, 5.41) is 6.01. The number of anilines is 3. The molecule has 0 aliphatic heterocycles. The van der Waals surface area contributed by atoms with Crippen molar-refractivity contribution in [2.75, 3.05) is 29.6 Å². The zero-order valence-corrected chi connectivity index (χ0v) is 14.8. The maximum Gasteiger partial charge on any atom is 0.233 e. The standard InChI is InChI=1S/C17H17Cl2N3O2/c1-22(2)13-6-3-11(4-7-13)20-16(23)10-17(24)21-12-5-8-14(18)15(19)9-12/h3-9H,10H2,1-2H3,(H,20,23)(H,21,24). The molecule has 0 atom stereocenters. The summed E-state index contributed by atoms with van der Waals surface area (Å²) in [6, 6.07) is 12.0. The van der Waals surface area contributed by atoms with Crippen LogP contribution in [0, 0.1) is 0 Å². The molecule has 2 rings (SSSR count). The Morgan fingerprint density at radius 1 is 0.875 bits per heavy atom. The van der Waals surface area contributed by atoms with Gasteiger partial charge < -0.3 is 15.5 Å². The third-order valence-electron chi connectivity index (χ3n) is 3.19. The van der Waals surface area contributed by atoms with Gasteiger partial charge in [-0.25, -0.2) is 0 Å². The van der Waals surface area contributed by atoms with Gasteiger partial charge in [0.25, 0.3) is 0 Å². The summed E-state index contributed by atoms with van der Waals surface area (Å²) in [6.07, 6.45) is -0.296. The second-order valence-corrected chi connectivity index (χ2v) is 6.16. The van der Waals surface area contributed by atoms with Crippen LogP contribution in [-0.2, 0) is 9.59 Å². The van der Waals surface area contributed by atoms with E-state index in [1.165, 1.54) is 6.07 Å². The van der Waals surface area contributed by atoms with Crippen LogP contribution < -0.4 is 15.5 Å². The largest absolute Gasteiger partial charge is 0.378 e. The summed E-state index contributed by atoms with van der Waals surface area (Å²) in [5.41, 5.74) is 2.14. The van der Waals surface area contributed by atoms with Gasteiger partial charge in [-0.2, -0.15) is 0 Å². The van der Waals surface area contributed by atoms with Crippen molar-refractivity contribution in [3.63, 3.8) is 0 Å². The first-order valence-electron chi connectivity index (χ1n) is 7.17. The van der Waals surface area contributed by atoms with E-state index in [1.54, 1.807) is 24.3 Å². The Balaban J connectivity index is 1.89. The molecule has 0 saturated heterocycles. The van der Waals surface area contributed by atoms with Gasteiger partial charge in [0.05, 0.1) is 10.0 Å². The molecule has 0 bridgehead atoms. The molecule has 0 aliphatic rings. The van der Waals surface area contributed by atoms with Crippen LogP contribution in [0.2, 0.25) is 10.0 Å². The molecule has 126 valence electrons. The summed E-state index contributed by atoms with van der Waals surface area (Å²) in [7, 11) is 3.86. The average Bonchev–Trinajstić information content (AvgIpc) is 2.51. The number of rotatable bonds is 5. The number of benzene rings is 2. The first kappa shape index (κ1) is 18.1. The molecule has 2 aromatic rings. The molecule has 0 heterocycles. The second kappa shape index (κ2) is 8.04. The van der Waals surface area contributed by atoms with Gasteiger partial charge >= 0.3 is 0 Å². The predicted octanol–water partition coefficient (Wildman–Crippen LogP) is 4.03. The fourth-order valence-electron chi connectivity index (χ4n) is 1.97. The van der Waals surface area contributed by atoms with Crippen LogP contribution in [0.25, 0.3) is 0 Å². The SMILES string of the molecule is CN(C)c1ccc(NC(=O)CC(=O)Nc2ccc(Cl)c(Cl)c2)cc1. The maximum atomic E-state index is 11.9. The van der Waals surface area contributed by atoms with Gasteiger partial charge in [0, 0.05) is 31.2 Å². The van der Waals surface area contributed by atoms with Crippen LogP contribution in [-0.4, -0.2) is 25.9 Å². The Kier molecular flexibility index (Phi) is 6.06. The average molecular weight is 366 g/mol. The molecular weight excluding hydrogens is 349 g/mol. The lowest BCUT2D eigenvalue weighted by Crippen LogP contribution is -2.21. The minimum absolute atomic E-state index is 0.296. The van der Waals surface area contributed by atoms with E-state index < -0.39 is 11.8 Å². The highest BCUT2D eigenvalue weighted by Crippen LogP contribution is 2.25. The molecule has 0 fully saturated rings. The Labute approximate surface area is 150 Å². The number of carbonyl (C=O) groups is 2. The fraction of sp³-hybridized carbons (Fsp3) is 0.176. The lowest BCUT2D eigenvalue weighted by Gasteiger charge is -2.13. The van der Waals surface area contributed by atoms with Gasteiger partial charge in [0.2, 0.25) is 11.8 Å². The van der Waals surface area contributed by atoms with E-state index >= 15 is 0 Å². The van der Waals surface area contributed by atoms with E-state index in [-0.39, 0.29) is 6.42 Å². The Morgan fingerprint density at radius 3 is 1.96 bits per heavy atom. The molecule has 0 radical (unpaired) electrons. The van der Waals surface area contributed by atoms with Crippen molar-refractivity contribution < 1.29 is 9.59 Å². The quantitative estimate of drug-likeness (QED) is 0.786. The molecule has 0 spiro atoms. The monoisotopic (exact) mass is 365 g/mol. The number of nitrogens with zero attached hydrogens (tertiary/aromatic N) is 1. The molecule has 0 aliphatic carbocycles. The molecule has 2 amide bonds. The van der Waals surface area contributed by atoms with E-state index in [4.69, 9.17) is 23.2 Å². The van der Waals surface area contributed by atoms with Crippen molar-refractivity contribution >= 4 is 52.1 Å². The second-order valence-electron chi connectivity index (χ2n) is 5.34. The number of nitrogens with one attached hydrogen (secondary N) is 2. The molecule has 5 nitrogen and oxygen atoms in total. The van der Waals surface area contributed by atoms with E-state index in [0.29, 0.717) is 21.4 Å².